The Morgan fingerprint density at radius 3 is 2.81 bits per heavy atom. The molecule has 0 saturated carbocycles. The van der Waals surface area contributed by atoms with Crippen LogP contribution in [0.25, 0.3) is 0 Å². The first-order valence-electron chi connectivity index (χ1n) is 5.44. The zero-order valence-corrected chi connectivity index (χ0v) is 12.8. The second kappa shape index (κ2) is 7.40. The molecule has 0 aromatic heterocycles. The predicted octanol–water partition coefficient (Wildman–Crippen LogP) is 3.21. The molecular formula is C12H19IN2S. The summed E-state index contributed by atoms with van der Waals surface area (Å²) in [4.78, 5) is 0. The van der Waals surface area contributed by atoms with Gasteiger partial charge in [0.15, 0.2) is 0 Å². The Balaban J connectivity index is 2.71. The quantitative estimate of drug-likeness (QED) is 0.318. The molecule has 1 rings (SSSR count). The summed E-state index contributed by atoms with van der Waals surface area (Å²) in [6.07, 6.45) is 0.273. The molecule has 2 nitrogen and oxygen atoms in total. The summed E-state index contributed by atoms with van der Waals surface area (Å²) in [5.41, 5.74) is 3.92. The van der Waals surface area contributed by atoms with Crippen LogP contribution in [0.1, 0.15) is 18.1 Å². The van der Waals surface area contributed by atoms with Crippen LogP contribution >= 0.6 is 35.2 Å². The normalized spacial score (nSPS) is 12.5. The van der Waals surface area contributed by atoms with Crippen LogP contribution in [0.2, 0.25) is 0 Å². The molecule has 0 fully saturated rings. The number of hydrogen-bond acceptors (Lipinski definition) is 3. The minimum absolute atomic E-state index is 0.273. The third kappa shape index (κ3) is 4.14. The van der Waals surface area contributed by atoms with Gasteiger partial charge in [0.25, 0.3) is 0 Å². The molecule has 0 heterocycles. The number of alkyl halides is 1. The number of nitrogens with one attached hydrogen (secondary N) is 2. The van der Waals surface area contributed by atoms with Crippen molar-refractivity contribution in [2.45, 2.75) is 24.4 Å². The predicted molar refractivity (Wildman–Crippen MR) is 83.8 cm³/mol. The zero-order valence-electron chi connectivity index (χ0n) is 9.76. The molecule has 16 heavy (non-hydrogen) atoms. The lowest BCUT2D eigenvalue weighted by atomic mass is 10.1. The van der Waals surface area contributed by atoms with Gasteiger partial charge < -0.3 is 5.32 Å². The first kappa shape index (κ1) is 14.1. The number of hydrogen-bond donors (Lipinski definition) is 3. The summed E-state index contributed by atoms with van der Waals surface area (Å²) in [5, 5.41) is 6.88. The Morgan fingerprint density at radius 2 is 2.19 bits per heavy atom. The highest BCUT2D eigenvalue weighted by Gasteiger charge is 2.07. The van der Waals surface area contributed by atoms with E-state index in [1.165, 1.54) is 16.8 Å². The molecule has 0 bridgehead atoms. The van der Waals surface area contributed by atoms with Gasteiger partial charge >= 0.3 is 0 Å². The topological polar surface area (TPSA) is 24.1 Å². The van der Waals surface area contributed by atoms with Crippen LogP contribution in [0.3, 0.4) is 0 Å². The Hall–Kier alpha value is 0.0600. The van der Waals surface area contributed by atoms with Crippen molar-refractivity contribution in [1.29, 1.82) is 0 Å². The molecule has 0 saturated heterocycles. The minimum Gasteiger partial charge on any atom is -0.370 e. The number of para-hydroxylation sites is 1. The molecule has 0 aliphatic rings. The van der Waals surface area contributed by atoms with Crippen LogP contribution in [0.4, 0.5) is 5.69 Å². The van der Waals surface area contributed by atoms with E-state index in [1.807, 2.05) is 0 Å². The van der Waals surface area contributed by atoms with Crippen LogP contribution in [0, 0.1) is 6.92 Å². The lowest BCUT2D eigenvalue weighted by Crippen LogP contribution is -2.35. The van der Waals surface area contributed by atoms with Gasteiger partial charge in [0, 0.05) is 22.4 Å². The monoisotopic (exact) mass is 350 g/mol. The van der Waals surface area contributed by atoms with Gasteiger partial charge in [-0.2, -0.15) is 12.6 Å². The molecule has 0 aliphatic heterocycles. The maximum Gasteiger partial charge on any atom is 0.0739 e. The first-order chi connectivity index (χ1) is 7.69. The summed E-state index contributed by atoms with van der Waals surface area (Å²) in [6.45, 7) is 5.19. The molecule has 1 atom stereocenters. The van der Waals surface area contributed by atoms with Gasteiger partial charge in [-0.1, -0.05) is 40.8 Å². The van der Waals surface area contributed by atoms with E-state index < -0.39 is 0 Å². The van der Waals surface area contributed by atoms with Crippen molar-refractivity contribution in [1.82, 2.24) is 5.32 Å². The maximum absolute atomic E-state index is 4.19. The van der Waals surface area contributed by atoms with Gasteiger partial charge in [-0.3, -0.25) is 5.32 Å². The van der Waals surface area contributed by atoms with E-state index in [4.69, 9.17) is 0 Å². The van der Waals surface area contributed by atoms with Crippen molar-refractivity contribution < 1.29 is 0 Å². The Labute approximate surface area is 117 Å². The Kier molecular flexibility index (Phi) is 6.53. The number of benzene rings is 1. The smallest absolute Gasteiger partial charge is 0.0739 e. The van der Waals surface area contributed by atoms with Crippen LogP contribution in [-0.4, -0.2) is 18.5 Å². The van der Waals surface area contributed by atoms with Crippen molar-refractivity contribution in [2.75, 3.05) is 17.6 Å². The maximum atomic E-state index is 4.19. The molecule has 0 spiro atoms. The van der Waals surface area contributed by atoms with Crippen molar-refractivity contribution in [3.8, 4) is 0 Å². The van der Waals surface area contributed by atoms with E-state index in [9.17, 15) is 0 Å². The average Bonchev–Trinajstić information content (AvgIpc) is 2.29. The van der Waals surface area contributed by atoms with Gasteiger partial charge in [-0.05, 0) is 25.0 Å². The lowest BCUT2D eigenvalue weighted by molar-refractivity contribution is 0.628. The third-order valence-corrected chi connectivity index (χ3v) is 3.47. The van der Waals surface area contributed by atoms with Gasteiger partial charge in [-0.15, -0.1) is 0 Å². The largest absolute Gasteiger partial charge is 0.370 e. The number of aryl methyl sites for hydroxylation is 1. The van der Waals surface area contributed by atoms with Gasteiger partial charge in [0.05, 0.1) is 6.17 Å². The molecule has 1 unspecified atom stereocenters. The molecular weight excluding hydrogens is 331 g/mol. The van der Waals surface area contributed by atoms with E-state index in [-0.39, 0.29) is 6.17 Å². The zero-order chi connectivity index (χ0) is 12.0. The number of halogens is 1. The van der Waals surface area contributed by atoms with Crippen LogP contribution in [0.5, 0.6) is 0 Å². The molecule has 0 aliphatic carbocycles. The van der Waals surface area contributed by atoms with Crippen LogP contribution in [0.15, 0.2) is 18.2 Å². The van der Waals surface area contributed by atoms with E-state index in [2.05, 4.69) is 77.9 Å². The van der Waals surface area contributed by atoms with Crippen LogP contribution < -0.4 is 10.6 Å². The highest BCUT2D eigenvalue weighted by atomic mass is 127. The number of anilines is 1. The fourth-order valence-electron chi connectivity index (χ4n) is 1.60. The molecule has 0 amide bonds. The van der Waals surface area contributed by atoms with Crippen molar-refractivity contribution in [3.05, 3.63) is 29.3 Å². The second-order valence-electron chi connectivity index (χ2n) is 3.79. The molecule has 1 aromatic rings. The third-order valence-electron chi connectivity index (χ3n) is 2.43. The Bertz CT molecular complexity index is 331. The SMILES string of the molecule is Cc1cccc(CI)c1NC(C)NCCS. The minimum atomic E-state index is 0.273. The van der Waals surface area contributed by atoms with E-state index in [0.717, 1.165) is 16.7 Å². The molecule has 90 valence electrons. The molecule has 0 radical (unpaired) electrons. The Morgan fingerprint density at radius 1 is 1.44 bits per heavy atom. The molecule has 1 aromatic carbocycles. The standard InChI is InChI=1S/C12H19IN2S/c1-9-4-3-5-11(8-13)12(9)15-10(2)14-6-7-16/h3-5,10,14-16H,6-8H2,1-2H3. The fourth-order valence-corrected chi connectivity index (χ4v) is 2.36. The van der Waals surface area contributed by atoms with Gasteiger partial charge in [-0.25, -0.2) is 0 Å². The summed E-state index contributed by atoms with van der Waals surface area (Å²) < 4.78 is 1.03. The summed E-state index contributed by atoms with van der Waals surface area (Å²) in [5.74, 6) is 0.860. The van der Waals surface area contributed by atoms with Crippen molar-refractivity contribution >= 4 is 40.9 Å². The number of rotatable bonds is 6. The summed E-state index contributed by atoms with van der Waals surface area (Å²) in [6, 6.07) is 6.43. The lowest BCUT2D eigenvalue weighted by Gasteiger charge is -2.20. The number of thiol groups is 1. The summed E-state index contributed by atoms with van der Waals surface area (Å²) >= 11 is 6.59. The summed E-state index contributed by atoms with van der Waals surface area (Å²) in [7, 11) is 0. The average molecular weight is 350 g/mol. The highest BCUT2D eigenvalue weighted by molar-refractivity contribution is 14.1. The molecule has 2 N–H and O–H groups in total. The van der Waals surface area contributed by atoms with Gasteiger partial charge in [0.1, 0.15) is 0 Å². The fraction of sp³-hybridized carbons (Fsp3) is 0.500. The van der Waals surface area contributed by atoms with E-state index >= 15 is 0 Å². The second-order valence-corrected chi connectivity index (χ2v) is 5.00. The first-order valence-corrected chi connectivity index (χ1v) is 7.60. The van der Waals surface area contributed by atoms with E-state index in [1.54, 1.807) is 0 Å². The highest BCUT2D eigenvalue weighted by Crippen LogP contribution is 2.23. The van der Waals surface area contributed by atoms with Gasteiger partial charge in [0.2, 0.25) is 0 Å². The van der Waals surface area contributed by atoms with E-state index in [0.29, 0.717) is 0 Å². The molecule has 4 heteroatoms. The van der Waals surface area contributed by atoms with Crippen molar-refractivity contribution in [3.63, 3.8) is 0 Å². The van der Waals surface area contributed by atoms with Crippen LogP contribution in [-0.2, 0) is 4.43 Å². The van der Waals surface area contributed by atoms with Crippen molar-refractivity contribution in [2.24, 2.45) is 0 Å².